The van der Waals surface area contributed by atoms with E-state index < -0.39 is 11.2 Å². The van der Waals surface area contributed by atoms with Gasteiger partial charge in [0.05, 0.1) is 12.1 Å². The first-order valence-electron chi connectivity index (χ1n) is 5.57. The van der Waals surface area contributed by atoms with E-state index >= 15 is 0 Å². The summed E-state index contributed by atoms with van der Waals surface area (Å²) in [7, 11) is 0. The van der Waals surface area contributed by atoms with E-state index in [4.69, 9.17) is 0 Å². The van der Waals surface area contributed by atoms with E-state index in [0.29, 0.717) is 0 Å². The van der Waals surface area contributed by atoms with E-state index in [9.17, 15) is 14.4 Å². The van der Waals surface area contributed by atoms with Gasteiger partial charge in [-0.05, 0) is 24.6 Å². The maximum Gasteiger partial charge on any atom is 0.328 e. The van der Waals surface area contributed by atoms with Crippen molar-refractivity contribution in [2.24, 2.45) is 0 Å². The first kappa shape index (κ1) is 13.5. The highest BCUT2D eigenvalue weighted by molar-refractivity contribution is 9.10. The number of rotatable bonds is 3. The Hall–Kier alpha value is -1.95. The number of benzene rings is 1. The average Bonchev–Trinajstić information content (AvgIpc) is 2.34. The van der Waals surface area contributed by atoms with Gasteiger partial charge in [-0.1, -0.05) is 28.1 Å². The van der Waals surface area contributed by atoms with E-state index in [-0.39, 0.29) is 17.9 Å². The van der Waals surface area contributed by atoms with Gasteiger partial charge in [0.15, 0.2) is 5.78 Å². The number of hydrogen-bond acceptors (Lipinski definition) is 3. The number of halogens is 1. The van der Waals surface area contributed by atoms with Crippen LogP contribution in [0.3, 0.4) is 0 Å². The van der Waals surface area contributed by atoms with Gasteiger partial charge in [-0.25, -0.2) is 4.79 Å². The molecule has 0 atom stereocenters. The van der Waals surface area contributed by atoms with Gasteiger partial charge in [0.2, 0.25) is 0 Å². The molecule has 0 unspecified atom stereocenters. The Morgan fingerprint density at radius 1 is 1.37 bits per heavy atom. The number of Topliss-reactive ketones (excluding diaryl/α,β-unsaturated/α-hetero) is 1. The minimum atomic E-state index is -0.573. The predicted molar refractivity (Wildman–Crippen MR) is 74.6 cm³/mol. The zero-order chi connectivity index (χ0) is 14.0. The van der Waals surface area contributed by atoms with Crippen molar-refractivity contribution < 1.29 is 4.79 Å². The first-order chi connectivity index (χ1) is 8.99. The Kier molecular flexibility index (Phi) is 3.80. The van der Waals surface area contributed by atoms with Crippen molar-refractivity contribution in [3.63, 3.8) is 0 Å². The average molecular weight is 323 g/mol. The Bertz CT molecular complexity index is 746. The molecule has 0 saturated carbocycles. The van der Waals surface area contributed by atoms with Crippen molar-refractivity contribution in [2.75, 3.05) is 0 Å². The summed E-state index contributed by atoms with van der Waals surface area (Å²) in [5.41, 5.74) is -0.330. The minimum Gasteiger partial charge on any atom is -0.313 e. The van der Waals surface area contributed by atoms with Gasteiger partial charge in [0.1, 0.15) is 0 Å². The lowest BCUT2D eigenvalue weighted by atomic mass is 10.2. The molecule has 2 aromatic rings. The van der Waals surface area contributed by atoms with Crippen LogP contribution < -0.4 is 11.2 Å². The van der Waals surface area contributed by atoms with Crippen molar-refractivity contribution in [1.82, 2.24) is 9.55 Å². The molecule has 0 amide bonds. The number of H-pyrrole nitrogens is 1. The molecule has 6 heteroatoms. The summed E-state index contributed by atoms with van der Waals surface area (Å²) < 4.78 is 1.87. The van der Waals surface area contributed by atoms with Crippen LogP contribution in [0, 0.1) is 0 Å². The lowest BCUT2D eigenvalue weighted by Gasteiger charge is -2.06. The Morgan fingerprint density at radius 2 is 2.11 bits per heavy atom. The molecule has 0 fully saturated rings. The lowest BCUT2D eigenvalue weighted by molar-refractivity contribution is 0.101. The molecule has 1 aromatic carbocycles. The molecular weight excluding hydrogens is 312 g/mol. The van der Waals surface area contributed by atoms with Gasteiger partial charge in [0.25, 0.3) is 5.56 Å². The van der Waals surface area contributed by atoms with Crippen LogP contribution in [0.15, 0.2) is 44.5 Å². The number of ketones is 1. The van der Waals surface area contributed by atoms with Crippen LogP contribution in [-0.2, 0) is 6.54 Å². The maximum absolute atomic E-state index is 12.0. The second kappa shape index (κ2) is 5.36. The second-order valence-corrected chi connectivity index (χ2v) is 5.00. The predicted octanol–water partition coefficient (Wildman–Crippen LogP) is 1.55. The van der Waals surface area contributed by atoms with Crippen molar-refractivity contribution in [3.05, 3.63) is 66.9 Å². The largest absolute Gasteiger partial charge is 0.328 e. The third kappa shape index (κ3) is 2.90. The lowest BCUT2D eigenvalue weighted by Crippen LogP contribution is -2.37. The third-order valence-corrected chi connectivity index (χ3v) is 3.16. The maximum atomic E-state index is 12.0. The fourth-order valence-electron chi connectivity index (χ4n) is 1.72. The SMILES string of the molecule is CC(=O)c1c[nH]c(=O)n(Cc2cccc(Br)c2)c1=O. The molecule has 98 valence electrons. The molecular formula is C13H11BrN2O3. The number of nitrogens with zero attached hydrogens (tertiary/aromatic N) is 1. The zero-order valence-electron chi connectivity index (χ0n) is 10.1. The van der Waals surface area contributed by atoms with Crippen molar-refractivity contribution in [1.29, 1.82) is 0 Å². The third-order valence-electron chi connectivity index (χ3n) is 2.67. The highest BCUT2D eigenvalue weighted by atomic mass is 79.9. The van der Waals surface area contributed by atoms with E-state index in [1.54, 1.807) is 6.07 Å². The number of hydrogen-bond donors (Lipinski definition) is 1. The molecule has 5 nitrogen and oxygen atoms in total. The second-order valence-electron chi connectivity index (χ2n) is 4.08. The molecule has 0 aliphatic carbocycles. The van der Waals surface area contributed by atoms with Gasteiger partial charge < -0.3 is 4.98 Å². The summed E-state index contributed by atoms with van der Waals surface area (Å²) in [6, 6.07) is 7.28. The van der Waals surface area contributed by atoms with Crippen molar-refractivity contribution in [2.45, 2.75) is 13.5 Å². The quantitative estimate of drug-likeness (QED) is 0.871. The molecule has 19 heavy (non-hydrogen) atoms. The summed E-state index contributed by atoms with van der Waals surface area (Å²) >= 11 is 3.32. The van der Waals surface area contributed by atoms with Crippen LogP contribution in [-0.4, -0.2) is 15.3 Å². The van der Waals surface area contributed by atoms with Gasteiger partial charge in [-0.15, -0.1) is 0 Å². The van der Waals surface area contributed by atoms with Crippen LogP contribution in [0.2, 0.25) is 0 Å². The summed E-state index contributed by atoms with van der Waals surface area (Å²) in [5, 5.41) is 0. The molecule has 0 bridgehead atoms. The normalized spacial score (nSPS) is 10.4. The summed E-state index contributed by atoms with van der Waals surface area (Å²) in [6.07, 6.45) is 1.16. The topological polar surface area (TPSA) is 71.9 Å². The molecule has 2 rings (SSSR count). The van der Waals surface area contributed by atoms with Crippen LogP contribution in [0.5, 0.6) is 0 Å². The Morgan fingerprint density at radius 3 is 2.74 bits per heavy atom. The molecule has 1 heterocycles. The number of nitrogens with one attached hydrogen (secondary N) is 1. The highest BCUT2D eigenvalue weighted by Gasteiger charge is 2.11. The van der Waals surface area contributed by atoms with Gasteiger partial charge in [-0.3, -0.25) is 14.2 Å². The summed E-state index contributed by atoms with van der Waals surface area (Å²) in [5.74, 6) is -0.371. The monoisotopic (exact) mass is 322 g/mol. The summed E-state index contributed by atoms with van der Waals surface area (Å²) in [6.45, 7) is 1.41. The van der Waals surface area contributed by atoms with Crippen molar-refractivity contribution in [3.8, 4) is 0 Å². The molecule has 0 spiro atoms. The van der Waals surface area contributed by atoms with E-state index in [2.05, 4.69) is 20.9 Å². The first-order valence-corrected chi connectivity index (χ1v) is 6.36. The molecule has 0 radical (unpaired) electrons. The zero-order valence-corrected chi connectivity index (χ0v) is 11.7. The fraction of sp³-hybridized carbons (Fsp3) is 0.154. The molecule has 0 saturated heterocycles. The number of aromatic amines is 1. The van der Waals surface area contributed by atoms with Crippen LogP contribution in [0.1, 0.15) is 22.8 Å². The van der Waals surface area contributed by atoms with E-state index in [1.807, 2.05) is 18.2 Å². The van der Waals surface area contributed by atoms with Gasteiger partial charge >= 0.3 is 5.69 Å². The van der Waals surface area contributed by atoms with Crippen LogP contribution in [0.4, 0.5) is 0 Å². The minimum absolute atomic E-state index is 0.0189. The van der Waals surface area contributed by atoms with Gasteiger partial charge in [-0.2, -0.15) is 0 Å². The molecule has 1 N–H and O–H groups in total. The summed E-state index contributed by atoms with van der Waals surface area (Å²) in [4.78, 5) is 37.4. The highest BCUT2D eigenvalue weighted by Crippen LogP contribution is 2.11. The number of aromatic nitrogens is 2. The van der Waals surface area contributed by atoms with E-state index in [0.717, 1.165) is 20.8 Å². The standard InChI is InChI=1S/C13H11BrN2O3/c1-8(17)11-6-15-13(19)16(12(11)18)7-9-3-2-4-10(14)5-9/h2-6H,7H2,1H3,(H,15,19). The van der Waals surface area contributed by atoms with Gasteiger partial charge in [0, 0.05) is 10.7 Å². The van der Waals surface area contributed by atoms with E-state index in [1.165, 1.54) is 6.92 Å². The molecule has 0 aliphatic heterocycles. The van der Waals surface area contributed by atoms with Crippen LogP contribution >= 0.6 is 15.9 Å². The number of carbonyl (C=O) groups excluding carboxylic acids is 1. The van der Waals surface area contributed by atoms with Crippen LogP contribution in [0.25, 0.3) is 0 Å². The Balaban J connectivity index is 2.51. The smallest absolute Gasteiger partial charge is 0.313 e. The van der Waals surface area contributed by atoms with Crippen molar-refractivity contribution >= 4 is 21.7 Å². The molecule has 1 aromatic heterocycles. The Labute approximate surface area is 117 Å². The fourth-order valence-corrected chi connectivity index (χ4v) is 2.17. The number of carbonyl (C=O) groups is 1. The molecule has 0 aliphatic rings.